The SMILES string of the molecule is C[C@@H](NC(=S)Nc1ccccc1)[C@H](c1cccs1)N1CCCC1. The molecule has 1 aliphatic heterocycles. The molecule has 3 nitrogen and oxygen atoms in total. The molecular formula is C18H23N3S2. The lowest BCUT2D eigenvalue weighted by Gasteiger charge is -2.33. The van der Waals surface area contributed by atoms with Crippen molar-refractivity contribution in [3.63, 3.8) is 0 Å². The van der Waals surface area contributed by atoms with E-state index >= 15 is 0 Å². The van der Waals surface area contributed by atoms with E-state index < -0.39 is 0 Å². The van der Waals surface area contributed by atoms with Crippen LogP contribution in [0.2, 0.25) is 0 Å². The molecule has 2 aromatic rings. The van der Waals surface area contributed by atoms with E-state index in [1.165, 1.54) is 30.8 Å². The Kier molecular flexibility index (Phi) is 5.65. The number of hydrogen-bond acceptors (Lipinski definition) is 3. The minimum atomic E-state index is 0.260. The predicted molar refractivity (Wildman–Crippen MR) is 103 cm³/mol. The molecule has 3 rings (SSSR count). The molecule has 2 N–H and O–H groups in total. The van der Waals surface area contributed by atoms with Gasteiger partial charge in [0.1, 0.15) is 0 Å². The van der Waals surface area contributed by atoms with Crippen LogP contribution in [0.3, 0.4) is 0 Å². The van der Waals surface area contributed by atoms with Gasteiger partial charge in [-0.2, -0.15) is 0 Å². The lowest BCUT2D eigenvalue weighted by atomic mass is 10.1. The van der Waals surface area contributed by atoms with Gasteiger partial charge in [-0.3, -0.25) is 4.90 Å². The summed E-state index contributed by atoms with van der Waals surface area (Å²) in [5, 5.41) is 9.59. The van der Waals surface area contributed by atoms with Crippen LogP contribution in [-0.2, 0) is 0 Å². The molecule has 1 fully saturated rings. The first kappa shape index (κ1) is 16.4. The molecule has 1 aromatic carbocycles. The van der Waals surface area contributed by atoms with E-state index in [1.807, 2.05) is 41.7 Å². The number of nitrogens with zero attached hydrogens (tertiary/aromatic N) is 1. The van der Waals surface area contributed by atoms with Gasteiger partial charge in [0.05, 0.1) is 6.04 Å². The Balaban J connectivity index is 1.66. The van der Waals surface area contributed by atoms with Gasteiger partial charge in [0.2, 0.25) is 0 Å². The van der Waals surface area contributed by atoms with E-state index in [0.717, 1.165) is 5.69 Å². The van der Waals surface area contributed by atoms with E-state index in [0.29, 0.717) is 11.2 Å². The molecule has 0 bridgehead atoms. The van der Waals surface area contributed by atoms with Crippen molar-refractivity contribution >= 4 is 34.4 Å². The molecular weight excluding hydrogens is 322 g/mol. The third-order valence-electron chi connectivity index (χ3n) is 4.23. The second-order valence-electron chi connectivity index (χ2n) is 5.96. The Bertz CT molecular complexity index is 606. The van der Waals surface area contributed by atoms with Gasteiger partial charge < -0.3 is 10.6 Å². The molecule has 2 atom stereocenters. The van der Waals surface area contributed by atoms with Crippen LogP contribution < -0.4 is 10.6 Å². The quantitative estimate of drug-likeness (QED) is 0.792. The van der Waals surface area contributed by atoms with E-state index in [4.69, 9.17) is 12.2 Å². The molecule has 23 heavy (non-hydrogen) atoms. The van der Waals surface area contributed by atoms with Gasteiger partial charge in [-0.1, -0.05) is 24.3 Å². The number of hydrogen-bond donors (Lipinski definition) is 2. The van der Waals surface area contributed by atoms with Crippen molar-refractivity contribution in [3.8, 4) is 0 Å². The summed E-state index contributed by atoms with van der Waals surface area (Å²) in [6, 6.07) is 15.1. The van der Waals surface area contributed by atoms with Crippen molar-refractivity contribution in [2.24, 2.45) is 0 Å². The fourth-order valence-electron chi connectivity index (χ4n) is 3.20. The Morgan fingerprint density at radius 1 is 1.13 bits per heavy atom. The van der Waals surface area contributed by atoms with Crippen molar-refractivity contribution in [3.05, 3.63) is 52.7 Å². The number of thiophene rings is 1. The van der Waals surface area contributed by atoms with Gasteiger partial charge in [0.25, 0.3) is 0 Å². The molecule has 0 spiro atoms. The lowest BCUT2D eigenvalue weighted by molar-refractivity contribution is 0.214. The van der Waals surface area contributed by atoms with E-state index in [2.05, 4.69) is 40.0 Å². The predicted octanol–water partition coefficient (Wildman–Crippen LogP) is 4.26. The summed E-state index contributed by atoms with van der Waals surface area (Å²) < 4.78 is 0. The van der Waals surface area contributed by atoms with Gasteiger partial charge in [-0.05, 0) is 68.7 Å². The van der Waals surface area contributed by atoms with Crippen LogP contribution in [0, 0.1) is 0 Å². The second-order valence-corrected chi connectivity index (χ2v) is 7.34. The Hall–Kier alpha value is -1.43. The summed E-state index contributed by atoms with van der Waals surface area (Å²) >= 11 is 7.33. The maximum Gasteiger partial charge on any atom is 0.171 e. The average Bonchev–Trinajstić information content (AvgIpc) is 3.22. The molecule has 2 heterocycles. The maximum absolute atomic E-state index is 5.50. The number of nitrogens with one attached hydrogen (secondary N) is 2. The summed E-state index contributed by atoms with van der Waals surface area (Å²) in [6.45, 7) is 4.57. The van der Waals surface area contributed by atoms with Crippen molar-refractivity contribution in [1.82, 2.24) is 10.2 Å². The Morgan fingerprint density at radius 2 is 1.87 bits per heavy atom. The van der Waals surface area contributed by atoms with Crippen LogP contribution in [0.15, 0.2) is 47.8 Å². The van der Waals surface area contributed by atoms with Crippen LogP contribution in [0.1, 0.15) is 30.7 Å². The monoisotopic (exact) mass is 345 g/mol. The van der Waals surface area contributed by atoms with Crippen molar-refractivity contribution in [2.45, 2.75) is 31.8 Å². The number of rotatable bonds is 5. The highest BCUT2D eigenvalue weighted by atomic mass is 32.1. The second kappa shape index (κ2) is 7.90. The van der Waals surface area contributed by atoms with E-state index in [1.54, 1.807) is 0 Å². The molecule has 0 amide bonds. The molecule has 0 saturated carbocycles. The highest BCUT2D eigenvalue weighted by Gasteiger charge is 2.29. The molecule has 0 unspecified atom stereocenters. The number of likely N-dealkylation sites (tertiary alicyclic amines) is 1. The van der Waals surface area contributed by atoms with Gasteiger partial charge in [-0.15, -0.1) is 11.3 Å². The molecule has 122 valence electrons. The number of para-hydroxylation sites is 1. The zero-order valence-electron chi connectivity index (χ0n) is 13.4. The van der Waals surface area contributed by atoms with Crippen LogP contribution >= 0.6 is 23.6 Å². The van der Waals surface area contributed by atoms with Gasteiger partial charge in [0.15, 0.2) is 5.11 Å². The molecule has 1 aliphatic rings. The molecule has 5 heteroatoms. The van der Waals surface area contributed by atoms with E-state index in [9.17, 15) is 0 Å². The molecule has 0 aliphatic carbocycles. The van der Waals surface area contributed by atoms with Crippen LogP contribution in [0.25, 0.3) is 0 Å². The number of anilines is 1. The fourth-order valence-corrected chi connectivity index (χ4v) is 4.46. The van der Waals surface area contributed by atoms with Gasteiger partial charge >= 0.3 is 0 Å². The zero-order chi connectivity index (χ0) is 16.1. The van der Waals surface area contributed by atoms with E-state index in [-0.39, 0.29) is 6.04 Å². The van der Waals surface area contributed by atoms with Crippen LogP contribution in [0.4, 0.5) is 5.69 Å². The third-order valence-corrected chi connectivity index (χ3v) is 5.40. The Labute approximate surface area is 147 Å². The smallest absolute Gasteiger partial charge is 0.171 e. The van der Waals surface area contributed by atoms with Gasteiger partial charge in [-0.25, -0.2) is 0 Å². The van der Waals surface area contributed by atoms with Crippen molar-refractivity contribution in [2.75, 3.05) is 18.4 Å². The molecule has 1 saturated heterocycles. The molecule has 0 radical (unpaired) electrons. The maximum atomic E-state index is 5.50. The summed E-state index contributed by atoms with van der Waals surface area (Å²) in [5.74, 6) is 0. The largest absolute Gasteiger partial charge is 0.358 e. The normalized spacial score (nSPS) is 17.6. The first-order chi connectivity index (χ1) is 11.2. The van der Waals surface area contributed by atoms with Crippen molar-refractivity contribution in [1.29, 1.82) is 0 Å². The minimum absolute atomic E-state index is 0.260. The number of thiocarbonyl (C=S) groups is 1. The fraction of sp³-hybridized carbons (Fsp3) is 0.389. The highest BCUT2D eigenvalue weighted by molar-refractivity contribution is 7.80. The highest BCUT2D eigenvalue weighted by Crippen LogP contribution is 2.31. The summed E-state index contributed by atoms with van der Waals surface area (Å²) in [4.78, 5) is 3.99. The van der Waals surface area contributed by atoms with Crippen LogP contribution in [0.5, 0.6) is 0 Å². The van der Waals surface area contributed by atoms with Crippen LogP contribution in [-0.4, -0.2) is 29.1 Å². The number of benzene rings is 1. The zero-order valence-corrected chi connectivity index (χ0v) is 15.0. The van der Waals surface area contributed by atoms with Crippen molar-refractivity contribution < 1.29 is 0 Å². The average molecular weight is 346 g/mol. The Morgan fingerprint density at radius 3 is 2.52 bits per heavy atom. The first-order valence-corrected chi connectivity index (χ1v) is 9.43. The lowest BCUT2D eigenvalue weighted by Crippen LogP contribution is -2.45. The standard InChI is InChI=1S/C18H23N3S2/c1-14(19-18(22)20-15-8-3-2-4-9-15)17(16-10-7-13-23-16)21-11-5-6-12-21/h2-4,7-10,13-14,17H,5-6,11-12H2,1H3,(H2,19,20,22)/t14-,17-/m1/s1. The molecule has 1 aromatic heterocycles. The topological polar surface area (TPSA) is 27.3 Å². The summed E-state index contributed by atoms with van der Waals surface area (Å²) in [5.41, 5.74) is 1.02. The summed E-state index contributed by atoms with van der Waals surface area (Å²) in [6.07, 6.45) is 2.59. The minimum Gasteiger partial charge on any atom is -0.358 e. The summed E-state index contributed by atoms with van der Waals surface area (Å²) in [7, 11) is 0. The third kappa shape index (κ3) is 4.31. The van der Waals surface area contributed by atoms with Gasteiger partial charge in [0, 0.05) is 16.6 Å². The first-order valence-electron chi connectivity index (χ1n) is 8.14.